The second-order valence-electron chi connectivity index (χ2n) is 11.4. The molecule has 6 rings (SSSR count). The van der Waals surface area contributed by atoms with Crippen LogP contribution in [0.5, 0.6) is 5.75 Å². The molecule has 1 aliphatic carbocycles. The number of carboxylic acids is 1. The molecule has 6 N–H and O–H groups in total. The predicted octanol–water partition coefficient (Wildman–Crippen LogP) is 3.54. The fraction of sp³-hybridized carbons (Fsp3) is 0.303. The fourth-order valence-electron chi connectivity index (χ4n) is 6.07. The SMILES string of the molecule is O=C(CCCC[C@@H]1SC[C@@H]2NC(=O)N[C@@H]21)NCCNC(=O)c1ccc(C(=O)O)c(-c2c3ccc(=O)cc-3oc3cc(O)ccc23)c1. The Morgan fingerprint density at radius 1 is 0.935 bits per heavy atom. The van der Waals surface area contributed by atoms with Gasteiger partial charge in [0.2, 0.25) is 5.91 Å². The molecule has 0 radical (unpaired) electrons. The summed E-state index contributed by atoms with van der Waals surface area (Å²) in [7, 11) is 0. The summed E-state index contributed by atoms with van der Waals surface area (Å²) in [6.45, 7) is 0.387. The highest BCUT2D eigenvalue weighted by Crippen LogP contribution is 2.42. The van der Waals surface area contributed by atoms with Crippen molar-refractivity contribution in [2.45, 2.75) is 43.0 Å². The summed E-state index contributed by atoms with van der Waals surface area (Å²) in [5, 5.41) is 32.4. The average Bonchev–Trinajstić information content (AvgIpc) is 3.58. The summed E-state index contributed by atoms with van der Waals surface area (Å²) < 4.78 is 5.87. The van der Waals surface area contributed by atoms with E-state index in [1.165, 1.54) is 42.5 Å². The Morgan fingerprint density at radius 3 is 2.59 bits per heavy atom. The molecule has 0 aromatic heterocycles. The van der Waals surface area contributed by atoms with Crippen molar-refractivity contribution in [2.24, 2.45) is 0 Å². The monoisotopic (exact) mass is 644 g/mol. The van der Waals surface area contributed by atoms with Gasteiger partial charge in [0.25, 0.3) is 5.91 Å². The molecule has 46 heavy (non-hydrogen) atoms. The molecule has 4 amide bonds. The molecule has 4 aliphatic rings. The Morgan fingerprint density at radius 2 is 1.76 bits per heavy atom. The molecule has 238 valence electrons. The summed E-state index contributed by atoms with van der Waals surface area (Å²) in [5.41, 5.74) is 1.21. The van der Waals surface area contributed by atoms with Gasteiger partial charge in [-0.15, -0.1) is 0 Å². The topological polar surface area (TPSA) is 187 Å². The Bertz CT molecular complexity index is 1870. The molecule has 0 unspecified atom stereocenters. The van der Waals surface area contributed by atoms with Crippen molar-refractivity contribution in [3.05, 3.63) is 75.9 Å². The molecule has 13 heteroatoms. The molecule has 3 aliphatic heterocycles. The second-order valence-corrected chi connectivity index (χ2v) is 12.6. The number of carboxylic acid groups (broad SMARTS) is 1. The number of urea groups is 1. The van der Waals surface area contributed by atoms with E-state index in [-0.39, 0.29) is 76.3 Å². The van der Waals surface area contributed by atoms with Crippen molar-refractivity contribution in [1.82, 2.24) is 21.3 Å². The highest BCUT2D eigenvalue weighted by Gasteiger charge is 2.42. The van der Waals surface area contributed by atoms with E-state index in [1.807, 2.05) is 11.8 Å². The largest absolute Gasteiger partial charge is 0.508 e. The number of aromatic carboxylic acids is 1. The molecule has 0 saturated carbocycles. The van der Waals surface area contributed by atoms with E-state index in [0.29, 0.717) is 28.2 Å². The van der Waals surface area contributed by atoms with Crippen molar-refractivity contribution < 1.29 is 33.8 Å². The maximum atomic E-state index is 13.1. The lowest BCUT2D eigenvalue weighted by Crippen LogP contribution is -2.36. The van der Waals surface area contributed by atoms with Crippen molar-refractivity contribution in [2.75, 3.05) is 18.8 Å². The highest BCUT2D eigenvalue weighted by molar-refractivity contribution is 8.00. The number of phenols is 1. The molecule has 3 heterocycles. The van der Waals surface area contributed by atoms with Gasteiger partial charge in [0.1, 0.15) is 17.1 Å². The van der Waals surface area contributed by atoms with E-state index in [9.17, 15) is 34.2 Å². The Kier molecular flexibility index (Phi) is 8.84. The van der Waals surface area contributed by atoms with Gasteiger partial charge in [-0.2, -0.15) is 11.8 Å². The molecular weight excluding hydrogens is 612 g/mol. The minimum atomic E-state index is -1.21. The lowest BCUT2D eigenvalue weighted by Gasteiger charge is -2.17. The third-order valence-corrected chi connectivity index (χ3v) is 9.78. The zero-order chi connectivity index (χ0) is 32.4. The van der Waals surface area contributed by atoms with E-state index in [2.05, 4.69) is 21.3 Å². The van der Waals surface area contributed by atoms with Gasteiger partial charge in [-0.05, 0) is 60.9 Å². The van der Waals surface area contributed by atoms with Gasteiger partial charge in [-0.25, -0.2) is 9.59 Å². The first-order valence-electron chi connectivity index (χ1n) is 15.0. The molecule has 3 atom stereocenters. The number of hydrogen-bond acceptors (Lipinski definition) is 8. The van der Waals surface area contributed by atoms with Crippen molar-refractivity contribution in [1.29, 1.82) is 0 Å². The van der Waals surface area contributed by atoms with Crippen molar-refractivity contribution in [3.63, 3.8) is 0 Å². The lowest BCUT2D eigenvalue weighted by molar-refractivity contribution is -0.121. The van der Waals surface area contributed by atoms with Crippen LogP contribution >= 0.6 is 11.8 Å². The predicted molar refractivity (Wildman–Crippen MR) is 172 cm³/mol. The van der Waals surface area contributed by atoms with Crippen LogP contribution in [0.1, 0.15) is 46.4 Å². The number of nitrogens with one attached hydrogen (secondary N) is 4. The van der Waals surface area contributed by atoms with E-state index >= 15 is 0 Å². The molecule has 0 bridgehead atoms. The third-order valence-electron chi connectivity index (χ3n) is 8.27. The number of carbonyl (C=O) groups excluding carboxylic acids is 3. The van der Waals surface area contributed by atoms with Crippen LogP contribution in [0, 0.1) is 0 Å². The number of carbonyl (C=O) groups is 4. The summed E-state index contributed by atoms with van der Waals surface area (Å²) in [5.74, 6) is -0.751. The van der Waals surface area contributed by atoms with E-state index in [0.717, 1.165) is 25.0 Å². The van der Waals surface area contributed by atoms with E-state index in [4.69, 9.17) is 4.42 Å². The highest BCUT2D eigenvalue weighted by atomic mass is 32.2. The van der Waals surface area contributed by atoms with Crippen LogP contribution in [0.3, 0.4) is 0 Å². The number of benzene rings is 3. The fourth-order valence-corrected chi connectivity index (χ4v) is 7.61. The molecule has 0 spiro atoms. The maximum absolute atomic E-state index is 13.1. The Hall–Kier alpha value is -5.04. The quantitative estimate of drug-likeness (QED) is 0.0807. The van der Waals surface area contributed by atoms with Crippen LogP contribution < -0.4 is 26.7 Å². The number of hydrogen-bond donors (Lipinski definition) is 6. The molecule has 2 aromatic carbocycles. The van der Waals surface area contributed by atoms with Gasteiger partial charge in [0, 0.05) is 64.7 Å². The smallest absolute Gasteiger partial charge is 0.336 e. The zero-order valence-corrected chi connectivity index (χ0v) is 25.4. The van der Waals surface area contributed by atoms with E-state index in [1.54, 1.807) is 12.1 Å². The first-order chi connectivity index (χ1) is 22.2. The number of thioether (sulfide) groups is 1. The van der Waals surface area contributed by atoms with Gasteiger partial charge >= 0.3 is 12.0 Å². The second kappa shape index (κ2) is 13.1. The number of aromatic hydroxyl groups is 1. The minimum Gasteiger partial charge on any atom is -0.508 e. The number of amides is 4. The lowest BCUT2D eigenvalue weighted by atomic mass is 9.89. The Balaban J connectivity index is 1.08. The number of rotatable bonds is 11. The summed E-state index contributed by atoms with van der Waals surface area (Å²) >= 11 is 1.84. The molecule has 2 aromatic rings. The molecule has 2 fully saturated rings. The van der Waals surface area contributed by atoms with Gasteiger partial charge in [0.15, 0.2) is 5.43 Å². The Labute approximate surface area is 267 Å². The number of phenolic OH excluding ortho intramolecular Hbond substituents is 1. The minimum absolute atomic E-state index is 0.0621. The summed E-state index contributed by atoms with van der Waals surface area (Å²) in [6.07, 6.45) is 2.87. The standard InChI is InChI=1S/C33H32N4O8S/c38-18-6-9-21-25(14-18)45-26-15-19(39)7-10-22(26)29(21)23-13-17(5-8-20(23)32(42)43)31(41)35-12-11-34-28(40)4-2-1-3-27-30-24(16-46-27)36-33(44)37-30/h5-10,13-15,24,27,30,38H,1-4,11-12,16H2,(H,34,40)(H,35,41)(H,42,43)(H2,36,37,44)/t24-,27-,30-/m0/s1. The van der Waals surface area contributed by atoms with E-state index < -0.39 is 11.9 Å². The normalized spacial score (nSPS) is 18.6. The summed E-state index contributed by atoms with van der Waals surface area (Å²) in [4.78, 5) is 61.3. The van der Waals surface area contributed by atoms with Gasteiger partial charge in [0.05, 0.1) is 17.6 Å². The molecule has 2 saturated heterocycles. The van der Waals surface area contributed by atoms with Crippen molar-refractivity contribution in [3.8, 4) is 28.2 Å². The van der Waals surface area contributed by atoms with Crippen LogP contribution in [-0.2, 0) is 4.79 Å². The van der Waals surface area contributed by atoms with Crippen LogP contribution in [0.15, 0.2) is 63.8 Å². The molecule has 12 nitrogen and oxygen atoms in total. The van der Waals surface area contributed by atoms with Crippen LogP contribution in [0.2, 0.25) is 0 Å². The summed E-state index contributed by atoms with van der Waals surface area (Å²) in [6, 6.07) is 13.0. The van der Waals surface area contributed by atoms with Gasteiger partial charge in [-0.3, -0.25) is 14.4 Å². The van der Waals surface area contributed by atoms with Gasteiger partial charge < -0.3 is 35.9 Å². The third kappa shape index (κ3) is 6.50. The van der Waals surface area contributed by atoms with Gasteiger partial charge in [-0.1, -0.05) is 6.42 Å². The zero-order valence-electron chi connectivity index (χ0n) is 24.6. The average molecular weight is 645 g/mol. The molecular formula is C33H32N4O8S. The van der Waals surface area contributed by atoms with Crippen LogP contribution in [-0.4, -0.2) is 70.2 Å². The maximum Gasteiger partial charge on any atom is 0.336 e. The first kappa shape index (κ1) is 31.0. The van der Waals surface area contributed by atoms with Crippen molar-refractivity contribution >= 4 is 46.5 Å². The van der Waals surface area contributed by atoms with Crippen LogP contribution in [0.4, 0.5) is 4.79 Å². The van der Waals surface area contributed by atoms with Crippen LogP contribution in [0.25, 0.3) is 33.4 Å². The number of unbranched alkanes of at least 4 members (excludes halogenated alkanes) is 1. The first-order valence-corrected chi connectivity index (χ1v) is 16.0. The number of fused-ring (bicyclic) bond motifs is 3.